The van der Waals surface area contributed by atoms with Crippen LogP contribution in [0.15, 0.2) is 34.8 Å². The zero-order valence-electron chi connectivity index (χ0n) is 11.9. The van der Waals surface area contributed by atoms with Gasteiger partial charge in [-0.3, -0.25) is 0 Å². The minimum absolute atomic E-state index is 0.615. The molecule has 0 fully saturated rings. The van der Waals surface area contributed by atoms with Gasteiger partial charge in [-0.05, 0) is 30.7 Å². The number of nitrogens with one attached hydrogen (secondary N) is 1. The molecule has 0 saturated heterocycles. The summed E-state index contributed by atoms with van der Waals surface area (Å²) >= 11 is 3.56. The molecule has 0 radical (unpaired) electrons. The number of aromatic nitrogens is 1. The van der Waals surface area contributed by atoms with Crippen LogP contribution in [0.1, 0.15) is 18.1 Å². The molecule has 21 heavy (non-hydrogen) atoms. The summed E-state index contributed by atoms with van der Waals surface area (Å²) in [6.45, 7) is 3.99. The van der Waals surface area contributed by atoms with Gasteiger partial charge >= 0.3 is 0 Å². The van der Waals surface area contributed by atoms with Crippen LogP contribution in [0, 0.1) is 0 Å². The van der Waals surface area contributed by atoms with Crippen LogP contribution in [-0.4, -0.2) is 18.2 Å². The van der Waals surface area contributed by atoms with E-state index in [1.807, 2.05) is 25.1 Å². The average Bonchev–Trinajstić information content (AvgIpc) is 2.93. The fourth-order valence-electron chi connectivity index (χ4n) is 2.40. The predicted octanol–water partition coefficient (Wildman–Crippen LogP) is 3.79. The van der Waals surface area contributed by atoms with Gasteiger partial charge in [0.05, 0.1) is 13.2 Å². The summed E-state index contributed by atoms with van der Waals surface area (Å²) in [5.41, 5.74) is 2.40. The zero-order chi connectivity index (χ0) is 14.7. The lowest BCUT2D eigenvalue weighted by atomic mass is 10.1. The maximum atomic E-state index is 5.73. The molecule has 110 valence electrons. The molecule has 1 N–H and O–H groups in total. The number of nitrogens with zero attached hydrogens (tertiary/aromatic N) is 1. The molecule has 4 nitrogen and oxygen atoms in total. The van der Waals surface area contributed by atoms with Crippen molar-refractivity contribution < 1.29 is 9.47 Å². The van der Waals surface area contributed by atoms with Crippen molar-refractivity contribution in [3.63, 3.8) is 0 Å². The van der Waals surface area contributed by atoms with Crippen molar-refractivity contribution in [2.45, 2.75) is 19.9 Å². The summed E-state index contributed by atoms with van der Waals surface area (Å²) in [4.78, 5) is 4.41. The summed E-state index contributed by atoms with van der Waals surface area (Å²) in [6, 6.07) is 9.93. The van der Waals surface area contributed by atoms with Crippen molar-refractivity contribution in [1.29, 1.82) is 0 Å². The van der Waals surface area contributed by atoms with E-state index in [4.69, 9.17) is 9.47 Å². The zero-order valence-corrected chi connectivity index (χ0v) is 13.4. The lowest BCUT2D eigenvalue weighted by Gasteiger charge is -2.11. The van der Waals surface area contributed by atoms with Crippen LogP contribution in [-0.2, 0) is 13.0 Å². The fraction of sp³-hybridized carbons (Fsp3) is 0.312. The third-order valence-electron chi connectivity index (χ3n) is 3.30. The van der Waals surface area contributed by atoms with Gasteiger partial charge in [0.2, 0.25) is 5.88 Å². The standard InChI is InChI=1S/C16H17BrN2O2/c1-2-20-15-5-3-4-14(19-15)18-10-12-9-13(17)8-11-6-7-21-16(11)12/h3-5,8-9H,2,6-7,10H2,1H3,(H,18,19). The molecule has 0 spiro atoms. The molecular weight excluding hydrogens is 332 g/mol. The number of halogens is 1. The minimum Gasteiger partial charge on any atom is -0.493 e. The van der Waals surface area contributed by atoms with E-state index in [0.29, 0.717) is 19.0 Å². The number of pyridine rings is 1. The third-order valence-corrected chi connectivity index (χ3v) is 3.76. The summed E-state index contributed by atoms with van der Waals surface area (Å²) in [5, 5.41) is 3.32. The Hall–Kier alpha value is -1.75. The highest BCUT2D eigenvalue weighted by Crippen LogP contribution is 2.33. The van der Waals surface area contributed by atoms with Crippen molar-refractivity contribution in [1.82, 2.24) is 4.98 Å². The van der Waals surface area contributed by atoms with Gasteiger partial charge in [0.15, 0.2) is 0 Å². The Balaban J connectivity index is 1.75. The van der Waals surface area contributed by atoms with E-state index >= 15 is 0 Å². The second-order valence-electron chi connectivity index (χ2n) is 4.80. The largest absolute Gasteiger partial charge is 0.493 e. The molecule has 0 bridgehead atoms. The highest BCUT2D eigenvalue weighted by Gasteiger charge is 2.17. The molecule has 0 aliphatic carbocycles. The van der Waals surface area contributed by atoms with Crippen LogP contribution in [0.3, 0.4) is 0 Å². The molecule has 1 aliphatic rings. The van der Waals surface area contributed by atoms with Crippen molar-refractivity contribution >= 4 is 21.7 Å². The monoisotopic (exact) mass is 348 g/mol. The molecule has 3 rings (SSSR count). The quantitative estimate of drug-likeness (QED) is 0.892. The van der Waals surface area contributed by atoms with Gasteiger partial charge in [-0.25, -0.2) is 0 Å². The Morgan fingerprint density at radius 2 is 2.29 bits per heavy atom. The maximum Gasteiger partial charge on any atom is 0.215 e. The first-order chi connectivity index (χ1) is 10.3. The Morgan fingerprint density at radius 3 is 3.14 bits per heavy atom. The third kappa shape index (κ3) is 3.29. The van der Waals surface area contributed by atoms with E-state index in [-0.39, 0.29) is 0 Å². The maximum absolute atomic E-state index is 5.73. The molecule has 1 aromatic heterocycles. The van der Waals surface area contributed by atoms with Crippen molar-refractivity contribution in [2.75, 3.05) is 18.5 Å². The van der Waals surface area contributed by atoms with E-state index in [1.54, 1.807) is 0 Å². The van der Waals surface area contributed by atoms with Gasteiger partial charge < -0.3 is 14.8 Å². The molecule has 2 heterocycles. The highest BCUT2D eigenvalue weighted by atomic mass is 79.9. The topological polar surface area (TPSA) is 43.4 Å². The first-order valence-corrected chi connectivity index (χ1v) is 7.83. The number of hydrogen-bond acceptors (Lipinski definition) is 4. The van der Waals surface area contributed by atoms with Crippen LogP contribution >= 0.6 is 15.9 Å². The van der Waals surface area contributed by atoms with Crippen LogP contribution < -0.4 is 14.8 Å². The second kappa shape index (κ2) is 6.35. The number of ether oxygens (including phenoxy) is 2. The van der Waals surface area contributed by atoms with Crippen LogP contribution in [0.25, 0.3) is 0 Å². The smallest absolute Gasteiger partial charge is 0.215 e. The van der Waals surface area contributed by atoms with E-state index in [1.165, 1.54) is 5.56 Å². The van der Waals surface area contributed by atoms with Crippen molar-refractivity contribution in [3.05, 3.63) is 45.9 Å². The van der Waals surface area contributed by atoms with Gasteiger partial charge in [0.25, 0.3) is 0 Å². The van der Waals surface area contributed by atoms with E-state index in [0.717, 1.165) is 34.6 Å². The molecule has 0 unspecified atom stereocenters. The normalized spacial score (nSPS) is 12.7. The second-order valence-corrected chi connectivity index (χ2v) is 5.71. The fourth-order valence-corrected chi connectivity index (χ4v) is 2.96. The first kappa shape index (κ1) is 14.2. The number of benzene rings is 1. The number of hydrogen-bond donors (Lipinski definition) is 1. The lowest BCUT2D eigenvalue weighted by Crippen LogP contribution is -2.04. The lowest BCUT2D eigenvalue weighted by molar-refractivity contribution is 0.327. The molecular formula is C16H17BrN2O2. The molecule has 5 heteroatoms. The van der Waals surface area contributed by atoms with E-state index in [2.05, 4.69) is 38.4 Å². The molecule has 1 aliphatic heterocycles. The van der Waals surface area contributed by atoms with Crippen molar-refractivity contribution in [2.24, 2.45) is 0 Å². The van der Waals surface area contributed by atoms with Gasteiger partial charge in [0.1, 0.15) is 11.6 Å². The van der Waals surface area contributed by atoms with Crippen LogP contribution in [0.4, 0.5) is 5.82 Å². The number of fused-ring (bicyclic) bond motifs is 1. The average molecular weight is 349 g/mol. The molecule has 0 saturated carbocycles. The summed E-state index contributed by atoms with van der Waals surface area (Å²) in [7, 11) is 0. The van der Waals surface area contributed by atoms with Gasteiger partial charge in [-0.2, -0.15) is 4.98 Å². The molecule has 0 atom stereocenters. The van der Waals surface area contributed by atoms with Gasteiger partial charge in [-0.1, -0.05) is 22.0 Å². The Labute approximate surface area is 132 Å². The Morgan fingerprint density at radius 1 is 1.38 bits per heavy atom. The summed E-state index contributed by atoms with van der Waals surface area (Å²) in [5.74, 6) is 2.44. The Kier molecular flexibility index (Phi) is 4.29. The minimum atomic E-state index is 0.615. The molecule has 0 amide bonds. The molecule has 1 aromatic carbocycles. The van der Waals surface area contributed by atoms with Gasteiger partial charge in [-0.15, -0.1) is 0 Å². The highest BCUT2D eigenvalue weighted by molar-refractivity contribution is 9.10. The summed E-state index contributed by atoms with van der Waals surface area (Å²) < 4.78 is 12.2. The first-order valence-electron chi connectivity index (χ1n) is 7.04. The SMILES string of the molecule is CCOc1cccc(NCc2cc(Br)cc3c2OCC3)n1. The van der Waals surface area contributed by atoms with Crippen LogP contribution in [0.5, 0.6) is 11.6 Å². The Bertz CT molecular complexity index is 646. The number of anilines is 1. The summed E-state index contributed by atoms with van der Waals surface area (Å²) in [6.07, 6.45) is 0.972. The number of rotatable bonds is 5. The van der Waals surface area contributed by atoms with E-state index < -0.39 is 0 Å². The predicted molar refractivity (Wildman–Crippen MR) is 86.1 cm³/mol. The van der Waals surface area contributed by atoms with E-state index in [9.17, 15) is 0 Å². The van der Waals surface area contributed by atoms with Crippen molar-refractivity contribution in [3.8, 4) is 11.6 Å². The van der Waals surface area contributed by atoms with Crippen LogP contribution in [0.2, 0.25) is 0 Å². The molecule has 2 aromatic rings. The van der Waals surface area contributed by atoms with Gasteiger partial charge in [0, 0.05) is 29.1 Å².